The number of benzene rings is 1. The Hall–Kier alpha value is -1.48. The summed E-state index contributed by atoms with van der Waals surface area (Å²) in [5.74, 6) is -0.244. The van der Waals surface area contributed by atoms with E-state index in [1.807, 2.05) is 19.1 Å². The average molecular weight is 232 g/mol. The Kier molecular flexibility index (Phi) is 3.69. The number of fused-ring (bicyclic) bond motifs is 1. The number of unbranched alkanes of at least 4 members (excludes halogenated alkanes) is 1. The second kappa shape index (κ2) is 5.23. The number of para-hydroxylation sites is 1. The number of halogens is 1. The molecule has 0 spiro atoms. The fourth-order valence-electron chi connectivity index (χ4n) is 2.09. The van der Waals surface area contributed by atoms with Crippen LogP contribution in [0, 0.1) is 12.7 Å². The highest BCUT2D eigenvalue weighted by molar-refractivity contribution is 5.82. The number of nitrogens with zero attached hydrogens (tertiary/aromatic N) is 1. The molecule has 0 aliphatic carbocycles. The molecule has 0 unspecified atom stereocenters. The lowest BCUT2D eigenvalue weighted by molar-refractivity contribution is 0.636. The molecule has 0 saturated carbocycles. The lowest BCUT2D eigenvalue weighted by atomic mass is 10.0. The molecule has 0 saturated heterocycles. The van der Waals surface area contributed by atoms with E-state index >= 15 is 0 Å². The molecule has 0 atom stereocenters. The maximum atomic E-state index is 13.7. The predicted molar refractivity (Wildman–Crippen MR) is 68.4 cm³/mol. The zero-order chi connectivity index (χ0) is 12.3. The van der Waals surface area contributed by atoms with Crippen LogP contribution in [0.15, 0.2) is 24.3 Å². The summed E-state index contributed by atoms with van der Waals surface area (Å²) < 4.78 is 13.7. The molecule has 0 radical (unpaired) electrons. The van der Waals surface area contributed by atoms with Gasteiger partial charge < -0.3 is 5.73 Å². The van der Waals surface area contributed by atoms with Crippen molar-refractivity contribution in [2.24, 2.45) is 5.73 Å². The van der Waals surface area contributed by atoms with E-state index in [1.54, 1.807) is 6.07 Å². The van der Waals surface area contributed by atoms with Gasteiger partial charge in [0.05, 0.1) is 0 Å². The molecule has 0 amide bonds. The van der Waals surface area contributed by atoms with E-state index in [1.165, 1.54) is 11.6 Å². The summed E-state index contributed by atoms with van der Waals surface area (Å²) >= 11 is 0. The Balaban J connectivity index is 2.43. The van der Waals surface area contributed by atoms with Gasteiger partial charge in [-0.2, -0.15) is 0 Å². The summed E-state index contributed by atoms with van der Waals surface area (Å²) in [5.41, 5.74) is 8.00. The van der Waals surface area contributed by atoms with Crippen LogP contribution in [0.5, 0.6) is 0 Å². The normalized spacial score (nSPS) is 11.0. The molecule has 17 heavy (non-hydrogen) atoms. The van der Waals surface area contributed by atoms with Gasteiger partial charge in [0.25, 0.3) is 0 Å². The Bertz CT molecular complexity index is 523. The van der Waals surface area contributed by atoms with E-state index in [2.05, 4.69) is 4.98 Å². The zero-order valence-electron chi connectivity index (χ0n) is 10.0. The molecule has 0 aliphatic heterocycles. The third-order valence-corrected chi connectivity index (χ3v) is 2.90. The van der Waals surface area contributed by atoms with Gasteiger partial charge in [-0.3, -0.25) is 4.98 Å². The summed E-state index contributed by atoms with van der Waals surface area (Å²) in [7, 11) is 0. The van der Waals surface area contributed by atoms with Crippen molar-refractivity contribution < 1.29 is 4.39 Å². The van der Waals surface area contributed by atoms with Crippen LogP contribution in [0.4, 0.5) is 4.39 Å². The molecule has 1 aromatic heterocycles. The molecule has 2 N–H and O–H groups in total. The van der Waals surface area contributed by atoms with Gasteiger partial charge in [0, 0.05) is 11.1 Å². The number of aryl methyl sites for hydroxylation is 2. The maximum absolute atomic E-state index is 13.7. The lowest BCUT2D eigenvalue weighted by Gasteiger charge is -2.08. The third kappa shape index (κ3) is 2.61. The summed E-state index contributed by atoms with van der Waals surface area (Å²) in [6.45, 7) is 2.61. The van der Waals surface area contributed by atoms with E-state index < -0.39 is 0 Å². The molecule has 2 rings (SSSR count). The Morgan fingerprint density at radius 1 is 1.29 bits per heavy atom. The van der Waals surface area contributed by atoms with Crippen LogP contribution in [-0.2, 0) is 6.42 Å². The molecule has 90 valence electrons. The largest absolute Gasteiger partial charge is 0.330 e. The topological polar surface area (TPSA) is 38.9 Å². The quantitative estimate of drug-likeness (QED) is 0.823. The van der Waals surface area contributed by atoms with E-state index in [4.69, 9.17) is 5.73 Å². The fourth-order valence-corrected chi connectivity index (χ4v) is 2.09. The van der Waals surface area contributed by atoms with Gasteiger partial charge in [-0.1, -0.05) is 12.1 Å². The van der Waals surface area contributed by atoms with Crippen LogP contribution in [-0.4, -0.2) is 11.5 Å². The second-order valence-corrected chi connectivity index (χ2v) is 4.30. The highest BCUT2D eigenvalue weighted by Crippen LogP contribution is 2.22. The number of nitrogens with two attached hydrogens (primary N) is 1. The standard InChI is InChI=1S/C14H17FN2/c1-10-9-11(5-2-3-8-16)12-6-4-7-13(15)14(12)17-10/h4,6-7,9H,2-3,5,8,16H2,1H3. The highest BCUT2D eigenvalue weighted by Gasteiger charge is 2.07. The zero-order valence-corrected chi connectivity index (χ0v) is 10.0. The van der Waals surface area contributed by atoms with Crippen molar-refractivity contribution in [2.45, 2.75) is 26.2 Å². The molecule has 0 fully saturated rings. The highest BCUT2D eigenvalue weighted by atomic mass is 19.1. The molecule has 3 heteroatoms. The number of hydrogen-bond acceptors (Lipinski definition) is 2. The summed E-state index contributed by atoms with van der Waals surface area (Å²) in [5, 5.41) is 0.924. The first-order valence-electron chi connectivity index (χ1n) is 5.97. The van der Waals surface area contributed by atoms with E-state index in [0.29, 0.717) is 12.1 Å². The molecule has 2 aromatic rings. The van der Waals surface area contributed by atoms with Gasteiger partial charge in [0.15, 0.2) is 0 Å². The van der Waals surface area contributed by atoms with Crippen LogP contribution in [0.3, 0.4) is 0 Å². The van der Waals surface area contributed by atoms with Gasteiger partial charge in [-0.25, -0.2) is 4.39 Å². The van der Waals surface area contributed by atoms with E-state index in [9.17, 15) is 4.39 Å². The van der Waals surface area contributed by atoms with Crippen LogP contribution < -0.4 is 5.73 Å². The van der Waals surface area contributed by atoms with Crippen molar-refractivity contribution in [1.82, 2.24) is 4.98 Å². The minimum Gasteiger partial charge on any atom is -0.330 e. The molecule has 1 aromatic carbocycles. The van der Waals surface area contributed by atoms with Crippen molar-refractivity contribution in [2.75, 3.05) is 6.54 Å². The van der Waals surface area contributed by atoms with Gasteiger partial charge in [0.1, 0.15) is 11.3 Å². The summed E-state index contributed by atoms with van der Waals surface area (Å²) in [6, 6.07) is 7.17. The summed E-state index contributed by atoms with van der Waals surface area (Å²) in [4.78, 5) is 4.26. The first kappa shape index (κ1) is 12.0. The van der Waals surface area contributed by atoms with Crippen LogP contribution >= 0.6 is 0 Å². The van der Waals surface area contributed by atoms with Gasteiger partial charge in [0.2, 0.25) is 0 Å². The number of aromatic nitrogens is 1. The van der Waals surface area contributed by atoms with Gasteiger partial charge >= 0.3 is 0 Å². The van der Waals surface area contributed by atoms with Crippen LogP contribution in [0.2, 0.25) is 0 Å². The van der Waals surface area contributed by atoms with Gasteiger partial charge in [-0.15, -0.1) is 0 Å². The molecule has 0 bridgehead atoms. The van der Waals surface area contributed by atoms with Crippen LogP contribution in [0.25, 0.3) is 10.9 Å². The van der Waals surface area contributed by atoms with Crippen LogP contribution in [0.1, 0.15) is 24.1 Å². The fraction of sp³-hybridized carbons (Fsp3) is 0.357. The van der Waals surface area contributed by atoms with Gasteiger partial charge in [-0.05, 0) is 50.4 Å². The molecular weight excluding hydrogens is 215 g/mol. The molecule has 1 heterocycles. The smallest absolute Gasteiger partial charge is 0.149 e. The van der Waals surface area contributed by atoms with E-state index in [0.717, 1.165) is 30.3 Å². The number of rotatable bonds is 4. The van der Waals surface area contributed by atoms with Crippen molar-refractivity contribution in [1.29, 1.82) is 0 Å². The first-order valence-corrected chi connectivity index (χ1v) is 5.97. The van der Waals surface area contributed by atoms with Crippen molar-refractivity contribution in [3.05, 3.63) is 41.3 Å². The predicted octanol–water partition coefficient (Wildman–Crippen LogP) is 2.96. The number of pyridine rings is 1. The van der Waals surface area contributed by atoms with Crippen molar-refractivity contribution in [3.63, 3.8) is 0 Å². The summed E-state index contributed by atoms with van der Waals surface area (Å²) in [6.07, 6.45) is 2.96. The average Bonchev–Trinajstić information content (AvgIpc) is 2.31. The molecular formula is C14H17FN2. The van der Waals surface area contributed by atoms with Crippen molar-refractivity contribution in [3.8, 4) is 0 Å². The van der Waals surface area contributed by atoms with E-state index in [-0.39, 0.29) is 5.82 Å². The lowest BCUT2D eigenvalue weighted by Crippen LogP contribution is -2.00. The monoisotopic (exact) mass is 232 g/mol. The Morgan fingerprint density at radius 3 is 2.88 bits per heavy atom. The Morgan fingerprint density at radius 2 is 2.12 bits per heavy atom. The molecule has 2 nitrogen and oxygen atoms in total. The SMILES string of the molecule is Cc1cc(CCCCN)c2cccc(F)c2n1. The number of hydrogen-bond donors (Lipinski definition) is 1. The minimum atomic E-state index is -0.244. The second-order valence-electron chi connectivity index (χ2n) is 4.30. The molecule has 0 aliphatic rings. The first-order chi connectivity index (χ1) is 8.22. The third-order valence-electron chi connectivity index (χ3n) is 2.90. The Labute approximate surface area is 101 Å². The maximum Gasteiger partial charge on any atom is 0.149 e. The minimum absolute atomic E-state index is 0.244. The van der Waals surface area contributed by atoms with Crippen molar-refractivity contribution >= 4 is 10.9 Å².